The van der Waals surface area contributed by atoms with Gasteiger partial charge in [0.2, 0.25) is 5.71 Å². The van der Waals surface area contributed by atoms with Gasteiger partial charge < -0.3 is 14.4 Å². The van der Waals surface area contributed by atoms with Crippen LogP contribution in [0.15, 0.2) is 77.5 Å². The molecule has 0 amide bonds. The fourth-order valence-electron chi connectivity index (χ4n) is 7.54. The van der Waals surface area contributed by atoms with E-state index in [1.165, 1.54) is 48.4 Å². The molecule has 1 unspecified atom stereocenters. The van der Waals surface area contributed by atoms with Crippen molar-refractivity contribution in [1.29, 1.82) is 5.26 Å². The molecular formula is C48H56IrN4OSi-2. The van der Waals surface area contributed by atoms with Crippen LogP contribution in [-0.2, 0) is 26.5 Å². The number of hydrogen-bond acceptors (Lipinski definition) is 5. The standard InChI is InChI=1S/C29H30N3O.C19H26NSi.Ir/c1-18(29(2,3)4)24-13-12-23-26-21(17-30)10-11-22(27(26)33-28(23)32-24)25-16-20(14-15-31-25)19-8-6-5-7-9-19;1-19(2,3)13-16-12-17(15-10-8-7-9-11-15)20-14-18(16)21(4,5)6;/h10,12-16,18-19H,5-9H2,1-4H3;7-10,12,14H,13H2,1-6H3;/q2*-1;. The van der Waals surface area contributed by atoms with Crippen molar-refractivity contribution < 1.29 is 24.5 Å². The second-order valence-electron chi connectivity index (χ2n) is 18.5. The molecule has 0 N–H and O–H groups in total. The summed E-state index contributed by atoms with van der Waals surface area (Å²) in [5.41, 5.74) is 9.69. The van der Waals surface area contributed by atoms with Crippen LogP contribution in [-0.4, -0.2) is 23.0 Å². The molecule has 1 saturated carbocycles. The maximum Gasteiger partial charge on any atom is 0.216 e. The Kier molecular flexibility index (Phi) is 13.1. The Morgan fingerprint density at radius 3 is 2.31 bits per heavy atom. The minimum atomic E-state index is -1.37. The molecule has 0 bridgehead atoms. The molecule has 4 heterocycles. The molecule has 289 valence electrons. The van der Waals surface area contributed by atoms with Crippen molar-refractivity contribution in [2.24, 2.45) is 10.8 Å². The van der Waals surface area contributed by atoms with Gasteiger partial charge in [-0.05, 0) is 81.7 Å². The summed E-state index contributed by atoms with van der Waals surface area (Å²) in [6, 6.07) is 29.4. The number of nitriles is 1. The smallest absolute Gasteiger partial charge is 0.216 e. The Bertz CT molecular complexity index is 2280. The van der Waals surface area contributed by atoms with E-state index in [0.717, 1.165) is 45.4 Å². The fraction of sp³-hybridized carbons (Fsp3) is 0.417. The Morgan fingerprint density at radius 1 is 0.927 bits per heavy atom. The van der Waals surface area contributed by atoms with Crippen molar-refractivity contribution in [3.8, 4) is 28.6 Å². The summed E-state index contributed by atoms with van der Waals surface area (Å²) in [4.78, 5) is 14.2. The second kappa shape index (κ2) is 17.0. The minimum absolute atomic E-state index is 0. The van der Waals surface area contributed by atoms with E-state index in [4.69, 9.17) is 14.4 Å². The molecule has 55 heavy (non-hydrogen) atoms. The summed E-state index contributed by atoms with van der Waals surface area (Å²) in [7, 11) is -1.37. The van der Waals surface area contributed by atoms with Gasteiger partial charge in [0.05, 0.1) is 13.7 Å². The summed E-state index contributed by atoms with van der Waals surface area (Å²) in [5, 5.41) is 12.9. The van der Waals surface area contributed by atoms with Gasteiger partial charge in [-0.25, -0.2) is 10.2 Å². The van der Waals surface area contributed by atoms with Crippen molar-refractivity contribution in [1.82, 2.24) is 15.0 Å². The largest absolute Gasteiger partial charge is 0.486 e. The predicted molar refractivity (Wildman–Crippen MR) is 227 cm³/mol. The molecule has 1 aliphatic carbocycles. The van der Waals surface area contributed by atoms with Crippen LogP contribution in [0.25, 0.3) is 44.6 Å². The Balaban J connectivity index is 0.000000229. The van der Waals surface area contributed by atoms with Crippen LogP contribution in [0.3, 0.4) is 0 Å². The van der Waals surface area contributed by atoms with Crippen LogP contribution < -0.4 is 5.19 Å². The molecule has 2 aromatic carbocycles. The van der Waals surface area contributed by atoms with Crippen molar-refractivity contribution in [2.45, 2.75) is 118 Å². The molecular weight excluding hydrogens is 869 g/mol. The molecule has 1 fully saturated rings. The van der Waals surface area contributed by atoms with E-state index in [1.807, 2.05) is 30.5 Å². The average molecular weight is 925 g/mol. The molecule has 0 spiro atoms. The minimum Gasteiger partial charge on any atom is -0.486 e. The molecule has 0 aliphatic heterocycles. The zero-order valence-electron chi connectivity index (χ0n) is 34.4. The van der Waals surface area contributed by atoms with Gasteiger partial charge in [-0.2, -0.15) is 0 Å². The maximum absolute atomic E-state index is 9.79. The first-order valence-corrected chi connectivity index (χ1v) is 23.1. The number of pyridine rings is 3. The van der Waals surface area contributed by atoms with E-state index in [0.29, 0.717) is 22.8 Å². The third kappa shape index (κ3) is 9.90. The summed E-state index contributed by atoms with van der Waals surface area (Å²) in [5.74, 6) is 0.860. The van der Waals surface area contributed by atoms with E-state index in [1.54, 1.807) is 6.07 Å². The molecule has 5 nitrogen and oxygen atoms in total. The van der Waals surface area contributed by atoms with Crippen LogP contribution in [0.2, 0.25) is 19.6 Å². The topological polar surface area (TPSA) is 75.6 Å². The first-order valence-electron chi connectivity index (χ1n) is 19.6. The van der Waals surface area contributed by atoms with Crippen molar-refractivity contribution >= 4 is 35.3 Å². The van der Waals surface area contributed by atoms with Crippen LogP contribution >= 0.6 is 0 Å². The monoisotopic (exact) mass is 925 g/mol. The number of benzene rings is 2. The molecule has 7 heteroatoms. The average Bonchev–Trinajstić information content (AvgIpc) is 3.53. The van der Waals surface area contributed by atoms with Crippen molar-refractivity contribution in [2.75, 3.05) is 0 Å². The van der Waals surface area contributed by atoms with Crippen LogP contribution in [0, 0.1) is 34.3 Å². The molecule has 1 aliphatic rings. The number of rotatable bonds is 6. The van der Waals surface area contributed by atoms with E-state index >= 15 is 0 Å². The number of aromatic nitrogens is 3. The van der Waals surface area contributed by atoms with Crippen molar-refractivity contribution in [3.63, 3.8) is 0 Å². The van der Waals surface area contributed by atoms with E-state index in [9.17, 15) is 5.26 Å². The number of furan rings is 1. The second-order valence-corrected chi connectivity index (χ2v) is 23.5. The molecule has 4 aromatic heterocycles. The number of nitrogens with zero attached hydrogens (tertiary/aromatic N) is 4. The van der Waals surface area contributed by atoms with Gasteiger partial charge in [-0.3, -0.25) is 0 Å². The Morgan fingerprint density at radius 2 is 1.67 bits per heavy atom. The van der Waals surface area contributed by atoms with Gasteiger partial charge in [0.25, 0.3) is 0 Å². The first kappa shape index (κ1) is 42.2. The van der Waals surface area contributed by atoms with Gasteiger partial charge in [0.15, 0.2) is 0 Å². The molecule has 1 atom stereocenters. The molecule has 1 radical (unpaired) electrons. The van der Waals surface area contributed by atoms with Crippen LogP contribution in [0.4, 0.5) is 0 Å². The third-order valence-electron chi connectivity index (χ3n) is 10.9. The predicted octanol–water partition coefficient (Wildman–Crippen LogP) is 12.6. The zero-order chi connectivity index (χ0) is 38.8. The summed E-state index contributed by atoms with van der Waals surface area (Å²) in [6.45, 7) is 22.9. The van der Waals surface area contributed by atoms with Gasteiger partial charge >= 0.3 is 0 Å². The van der Waals surface area contributed by atoms with Gasteiger partial charge in [-0.1, -0.05) is 116 Å². The molecule has 0 saturated heterocycles. The molecule has 7 rings (SSSR count). The number of hydrogen-bond donors (Lipinski definition) is 0. The quantitative estimate of drug-likeness (QED) is 0.123. The van der Waals surface area contributed by atoms with E-state index in [2.05, 4.69) is 128 Å². The Labute approximate surface area is 343 Å². The fourth-order valence-corrected chi connectivity index (χ4v) is 9.12. The normalized spacial score (nSPS) is 14.5. The summed E-state index contributed by atoms with van der Waals surface area (Å²) in [6.07, 6.45) is 11.5. The maximum atomic E-state index is 9.79. The summed E-state index contributed by atoms with van der Waals surface area (Å²) < 4.78 is 6.34. The van der Waals surface area contributed by atoms with Gasteiger partial charge in [0.1, 0.15) is 0 Å². The van der Waals surface area contributed by atoms with Crippen LogP contribution in [0.1, 0.15) is 115 Å². The van der Waals surface area contributed by atoms with E-state index in [-0.39, 0.29) is 36.9 Å². The van der Waals surface area contributed by atoms with Gasteiger partial charge in [-0.15, -0.1) is 48.0 Å². The SMILES string of the molecule is CC(C)(C)Cc1cc(-c2[c-]cccc2)ncc1[Si](C)(C)C.CC(c1ccc2c(n1)oc1c(-c3cc(C4CCCCC4)ccn3)[c-]cc(C#N)c12)C(C)(C)C.[Ir]. The van der Waals surface area contributed by atoms with Crippen LogP contribution in [0.5, 0.6) is 0 Å². The van der Waals surface area contributed by atoms with Gasteiger partial charge in [0, 0.05) is 55.6 Å². The van der Waals surface area contributed by atoms with E-state index < -0.39 is 8.07 Å². The first-order chi connectivity index (χ1) is 25.5. The third-order valence-corrected chi connectivity index (χ3v) is 13.0. The molecule has 6 aromatic rings. The van der Waals surface area contributed by atoms with Crippen molar-refractivity contribution in [3.05, 3.63) is 108 Å². The number of fused-ring (bicyclic) bond motifs is 3. The zero-order valence-corrected chi connectivity index (χ0v) is 37.8. The Hall–Kier alpha value is -3.95. The summed E-state index contributed by atoms with van der Waals surface area (Å²) >= 11 is 0.